The molecule has 0 saturated heterocycles. The average molecular weight is 474 g/mol. The molecule has 0 aliphatic carbocycles. The van der Waals surface area contributed by atoms with E-state index in [1.165, 1.54) is 24.3 Å². The van der Waals surface area contributed by atoms with E-state index in [-0.39, 0.29) is 38.3 Å². The van der Waals surface area contributed by atoms with Crippen molar-refractivity contribution < 1.29 is 27.2 Å². The number of hydrogen-bond donors (Lipinski definition) is 0. The summed E-state index contributed by atoms with van der Waals surface area (Å²) in [6, 6.07) is 7.11. The molecular weight excluding hydrogens is 462 g/mol. The lowest BCUT2D eigenvalue weighted by Gasteiger charge is -2.15. The molecule has 168 valence electrons. The number of halogens is 5. The molecule has 2 aromatic carbocycles. The summed E-state index contributed by atoms with van der Waals surface area (Å²) in [4.78, 5) is 34.7. The molecule has 0 saturated carbocycles. The largest absolute Gasteiger partial charge is 0.487 e. The molecule has 0 spiro atoms. The summed E-state index contributed by atoms with van der Waals surface area (Å²) in [5, 5.41) is 10.5. The number of nitro benzene ring substituents is 1. The van der Waals surface area contributed by atoms with Gasteiger partial charge in [-0.3, -0.25) is 19.5 Å². The second-order valence-electron chi connectivity index (χ2n) is 6.49. The maximum Gasteiger partial charge on any atom is 0.431 e. The molecule has 0 atom stereocenters. The molecule has 0 bridgehead atoms. The van der Waals surface area contributed by atoms with E-state index in [1.807, 2.05) is 0 Å². The van der Waals surface area contributed by atoms with Crippen molar-refractivity contribution in [2.24, 2.45) is 7.05 Å². The molecule has 8 nitrogen and oxygen atoms in total. The van der Waals surface area contributed by atoms with E-state index in [2.05, 4.69) is 0 Å². The Bertz CT molecular complexity index is 1320. The Morgan fingerprint density at radius 2 is 1.75 bits per heavy atom. The molecule has 3 aromatic rings. The van der Waals surface area contributed by atoms with Crippen molar-refractivity contribution in [1.29, 1.82) is 0 Å². The monoisotopic (exact) mass is 473 g/mol. The van der Waals surface area contributed by atoms with Crippen LogP contribution in [0.15, 0.2) is 52.1 Å². The third kappa shape index (κ3) is 4.49. The highest BCUT2D eigenvalue weighted by atomic mass is 35.5. The Morgan fingerprint density at radius 1 is 1.12 bits per heavy atom. The van der Waals surface area contributed by atoms with Crippen molar-refractivity contribution in [3.05, 3.63) is 95.5 Å². The van der Waals surface area contributed by atoms with Gasteiger partial charge >= 0.3 is 11.9 Å². The molecule has 13 heteroatoms. The molecule has 1 aromatic heterocycles. The summed E-state index contributed by atoms with van der Waals surface area (Å²) < 4.78 is 59.4. The first-order valence-corrected chi connectivity index (χ1v) is 9.03. The van der Waals surface area contributed by atoms with Gasteiger partial charge in [-0.15, -0.1) is 0 Å². The van der Waals surface area contributed by atoms with Gasteiger partial charge in [-0.25, -0.2) is 13.8 Å². The van der Waals surface area contributed by atoms with Crippen LogP contribution in [0.1, 0.15) is 11.3 Å². The van der Waals surface area contributed by atoms with E-state index >= 15 is 0 Å². The zero-order valence-corrected chi connectivity index (χ0v) is 16.8. The topological polar surface area (TPSA) is 96.4 Å². The first kappa shape index (κ1) is 23.0. The van der Waals surface area contributed by atoms with Crippen molar-refractivity contribution in [2.75, 3.05) is 0 Å². The maximum atomic E-state index is 14.5. The summed E-state index contributed by atoms with van der Waals surface area (Å²) in [7, 11) is 0.793. The van der Waals surface area contributed by atoms with Crippen LogP contribution in [0, 0.1) is 15.9 Å². The first-order valence-electron chi connectivity index (χ1n) is 8.66. The summed E-state index contributed by atoms with van der Waals surface area (Å²) in [5.41, 5.74) is -4.64. The third-order valence-electron chi connectivity index (χ3n) is 4.39. The van der Waals surface area contributed by atoms with E-state index in [0.29, 0.717) is 5.56 Å². The molecule has 0 unspecified atom stereocenters. The van der Waals surface area contributed by atoms with Gasteiger partial charge in [-0.2, -0.15) is 13.2 Å². The number of benzene rings is 2. The van der Waals surface area contributed by atoms with Crippen LogP contribution in [0.2, 0.25) is 5.02 Å². The van der Waals surface area contributed by atoms with Crippen molar-refractivity contribution in [3.8, 4) is 11.4 Å². The van der Waals surface area contributed by atoms with Gasteiger partial charge in [-0.1, -0.05) is 11.6 Å². The summed E-state index contributed by atoms with van der Waals surface area (Å²) in [6.07, 6.45) is -4.97. The average Bonchev–Trinajstić information content (AvgIpc) is 2.71. The van der Waals surface area contributed by atoms with Crippen molar-refractivity contribution in [2.45, 2.75) is 12.8 Å². The van der Waals surface area contributed by atoms with E-state index < -0.39 is 39.5 Å². The normalized spacial score (nSPS) is 11.4. The van der Waals surface area contributed by atoms with Crippen LogP contribution >= 0.6 is 11.6 Å². The van der Waals surface area contributed by atoms with Gasteiger partial charge in [0.15, 0.2) is 0 Å². The van der Waals surface area contributed by atoms with Crippen LogP contribution in [0.4, 0.5) is 23.2 Å². The molecule has 0 radical (unpaired) electrons. The fraction of sp³-hybridized carbons (Fsp3) is 0.158. The standard InChI is InChI=1S/C19H12ClF4N3O5/c1-25-16(19(22,23)24)8-17(28)26(18(25)29)14-7-15(12(20)6-13(14)21)32-9-10-2-4-11(5-3-10)27(30)31/h2-8H,9H2,1H3. The minimum atomic E-state index is -4.97. The predicted molar refractivity (Wildman–Crippen MR) is 105 cm³/mol. The van der Waals surface area contributed by atoms with Gasteiger partial charge in [0.25, 0.3) is 11.2 Å². The van der Waals surface area contributed by atoms with E-state index in [9.17, 15) is 37.3 Å². The predicted octanol–water partition coefficient (Wildman–Crippen LogP) is 3.83. The Labute approximate surface area is 181 Å². The smallest absolute Gasteiger partial charge is 0.431 e. The van der Waals surface area contributed by atoms with Crippen LogP contribution in [-0.2, 0) is 19.8 Å². The van der Waals surface area contributed by atoms with Gasteiger partial charge in [0.1, 0.15) is 23.9 Å². The minimum absolute atomic E-state index is 0.145. The van der Waals surface area contributed by atoms with Crippen molar-refractivity contribution in [1.82, 2.24) is 9.13 Å². The Hall–Kier alpha value is -3.67. The molecule has 0 aliphatic heterocycles. The number of nitrogens with zero attached hydrogens (tertiary/aromatic N) is 3. The second-order valence-corrected chi connectivity index (χ2v) is 6.90. The lowest BCUT2D eigenvalue weighted by molar-refractivity contribution is -0.384. The molecule has 0 fully saturated rings. The zero-order valence-electron chi connectivity index (χ0n) is 16.0. The van der Waals surface area contributed by atoms with E-state index in [0.717, 1.165) is 19.2 Å². The molecular formula is C19H12ClF4N3O5. The fourth-order valence-electron chi connectivity index (χ4n) is 2.79. The number of rotatable bonds is 5. The SMILES string of the molecule is Cn1c(C(F)(F)F)cc(=O)n(-c2cc(OCc3ccc([N+](=O)[O-])cc3)c(Cl)cc2F)c1=O. The number of aromatic nitrogens is 2. The zero-order chi connectivity index (χ0) is 23.8. The highest BCUT2D eigenvalue weighted by Gasteiger charge is 2.35. The molecule has 3 rings (SSSR count). The van der Waals surface area contributed by atoms with Crippen LogP contribution in [0.5, 0.6) is 5.75 Å². The van der Waals surface area contributed by atoms with Crippen LogP contribution in [-0.4, -0.2) is 14.1 Å². The fourth-order valence-corrected chi connectivity index (χ4v) is 3.00. The lowest BCUT2D eigenvalue weighted by atomic mass is 10.2. The molecule has 1 heterocycles. The van der Waals surface area contributed by atoms with Crippen LogP contribution in [0.3, 0.4) is 0 Å². The van der Waals surface area contributed by atoms with Crippen LogP contribution in [0.25, 0.3) is 5.69 Å². The third-order valence-corrected chi connectivity index (χ3v) is 4.69. The highest BCUT2D eigenvalue weighted by molar-refractivity contribution is 6.32. The van der Waals surface area contributed by atoms with Crippen molar-refractivity contribution >= 4 is 17.3 Å². The van der Waals surface area contributed by atoms with Gasteiger partial charge < -0.3 is 4.74 Å². The Balaban J connectivity index is 2.01. The summed E-state index contributed by atoms with van der Waals surface area (Å²) in [6.45, 7) is -0.164. The lowest BCUT2D eigenvalue weighted by Crippen LogP contribution is -2.41. The first-order chi connectivity index (χ1) is 14.9. The van der Waals surface area contributed by atoms with Gasteiger partial charge in [0.05, 0.1) is 15.6 Å². The van der Waals surface area contributed by atoms with Gasteiger partial charge in [0.2, 0.25) is 0 Å². The molecule has 32 heavy (non-hydrogen) atoms. The summed E-state index contributed by atoms with van der Waals surface area (Å²) in [5.74, 6) is -1.31. The molecule has 0 amide bonds. The molecule has 0 N–H and O–H groups in total. The highest BCUT2D eigenvalue weighted by Crippen LogP contribution is 2.30. The van der Waals surface area contributed by atoms with Gasteiger partial charge in [0, 0.05) is 31.3 Å². The van der Waals surface area contributed by atoms with Crippen LogP contribution < -0.4 is 16.0 Å². The second kappa shape index (κ2) is 8.46. The quantitative estimate of drug-likeness (QED) is 0.319. The Kier molecular flexibility index (Phi) is 6.08. The molecule has 0 aliphatic rings. The van der Waals surface area contributed by atoms with Crippen molar-refractivity contribution in [3.63, 3.8) is 0 Å². The van der Waals surface area contributed by atoms with E-state index in [1.54, 1.807) is 0 Å². The number of hydrogen-bond acceptors (Lipinski definition) is 5. The number of alkyl halides is 3. The number of nitro groups is 1. The van der Waals surface area contributed by atoms with Gasteiger partial charge in [-0.05, 0) is 23.8 Å². The maximum absolute atomic E-state index is 14.5. The number of non-ortho nitro benzene ring substituents is 1. The minimum Gasteiger partial charge on any atom is -0.487 e. The summed E-state index contributed by atoms with van der Waals surface area (Å²) >= 11 is 5.94. The number of ether oxygens (including phenoxy) is 1. The van der Waals surface area contributed by atoms with E-state index in [4.69, 9.17) is 16.3 Å². The Morgan fingerprint density at radius 3 is 2.31 bits per heavy atom.